The molecule has 21 heavy (non-hydrogen) atoms. The summed E-state index contributed by atoms with van der Waals surface area (Å²) in [6.07, 6.45) is 3.07. The summed E-state index contributed by atoms with van der Waals surface area (Å²) >= 11 is 1.49. The van der Waals surface area contributed by atoms with Gasteiger partial charge in [-0.15, -0.1) is 11.3 Å². The zero-order valence-electron chi connectivity index (χ0n) is 11.2. The number of hydrogen-bond acceptors (Lipinski definition) is 4. The van der Waals surface area contributed by atoms with E-state index in [0.29, 0.717) is 13.0 Å². The van der Waals surface area contributed by atoms with E-state index in [1.54, 1.807) is 6.08 Å². The summed E-state index contributed by atoms with van der Waals surface area (Å²) < 4.78 is 5.65. The first-order chi connectivity index (χ1) is 10.2. The molecule has 1 heterocycles. The molecule has 106 valence electrons. The molecule has 0 aliphatic rings. The van der Waals surface area contributed by atoms with Gasteiger partial charge in [-0.05, 0) is 35.9 Å². The zero-order chi connectivity index (χ0) is 15.1. The fourth-order valence-electron chi connectivity index (χ4n) is 1.66. The maximum Gasteiger partial charge on any atom is 0.328 e. The van der Waals surface area contributed by atoms with Crippen molar-refractivity contribution in [1.82, 2.24) is 0 Å². The van der Waals surface area contributed by atoms with Crippen molar-refractivity contribution in [1.29, 1.82) is 5.26 Å². The highest BCUT2D eigenvalue weighted by Crippen LogP contribution is 2.20. The molecule has 0 saturated carbocycles. The molecule has 0 aliphatic carbocycles. The monoisotopic (exact) mass is 299 g/mol. The summed E-state index contributed by atoms with van der Waals surface area (Å²) in [4.78, 5) is 12.3. The van der Waals surface area contributed by atoms with Crippen LogP contribution in [0.1, 0.15) is 15.3 Å². The van der Waals surface area contributed by atoms with E-state index in [0.717, 1.165) is 27.1 Å². The summed E-state index contributed by atoms with van der Waals surface area (Å²) in [5.41, 5.74) is 0.960. The van der Waals surface area contributed by atoms with E-state index in [-0.39, 0.29) is 0 Å². The number of thiophene rings is 1. The molecule has 1 aromatic carbocycles. The predicted molar refractivity (Wildman–Crippen MR) is 81.1 cm³/mol. The third-order valence-electron chi connectivity index (χ3n) is 2.66. The average Bonchev–Trinajstić information content (AvgIpc) is 2.93. The molecule has 0 atom stereocenters. The molecule has 5 heteroatoms. The van der Waals surface area contributed by atoms with Gasteiger partial charge >= 0.3 is 5.97 Å². The van der Waals surface area contributed by atoms with Crippen LogP contribution in [0.4, 0.5) is 0 Å². The van der Waals surface area contributed by atoms with Crippen molar-refractivity contribution < 1.29 is 14.6 Å². The molecule has 2 rings (SSSR count). The second-order valence-corrected chi connectivity index (χ2v) is 5.44. The van der Waals surface area contributed by atoms with Crippen LogP contribution < -0.4 is 4.74 Å². The Kier molecular flexibility index (Phi) is 5.13. The molecule has 1 N–H and O–H groups in total. The lowest BCUT2D eigenvalue weighted by molar-refractivity contribution is -0.131. The van der Waals surface area contributed by atoms with Crippen LogP contribution in [0.5, 0.6) is 5.75 Å². The molecule has 1 aromatic heterocycles. The van der Waals surface area contributed by atoms with Crippen LogP contribution in [0.3, 0.4) is 0 Å². The average molecular weight is 299 g/mol. The number of aliphatic carboxylic acids is 1. The van der Waals surface area contributed by atoms with E-state index in [1.807, 2.05) is 36.4 Å². The summed E-state index contributed by atoms with van der Waals surface area (Å²) in [6, 6.07) is 13.3. The van der Waals surface area contributed by atoms with E-state index in [9.17, 15) is 4.79 Å². The second-order valence-electron chi connectivity index (χ2n) is 4.24. The van der Waals surface area contributed by atoms with Crippen molar-refractivity contribution in [3.8, 4) is 11.8 Å². The van der Waals surface area contributed by atoms with E-state index in [2.05, 4.69) is 6.07 Å². The highest BCUT2D eigenvalue weighted by Gasteiger charge is 2.01. The van der Waals surface area contributed by atoms with Crippen molar-refractivity contribution in [2.45, 2.75) is 13.0 Å². The molecule has 2 aromatic rings. The Morgan fingerprint density at radius 1 is 1.29 bits per heavy atom. The number of carboxylic acid groups (broad SMARTS) is 1. The van der Waals surface area contributed by atoms with Gasteiger partial charge in [0.15, 0.2) is 0 Å². The minimum atomic E-state index is -0.960. The van der Waals surface area contributed by atoms with Gasteiger partial charge in [0.05, 0.1) is 12.5 Å². The van der Waals surface area contributed by atoms with Crippen LogP contribution in [0.15, 0.2) is 42.5 Å². The Bertz CT molecular complexity index is 680. The Balaban J connectivity index is 1.91. The molecule has 4 nitrogen and oxygen atoms in total. The molecule has 0 saturated heterocycles. The standard InChI is InChI=1S/C16H13NO3S/c17-10-9-12-1-3-13(4-2-12)20-11-15-6-5-14(21-15)7-8-16(18)19/h1-8H,9,11H2,(H,18,19). The van der Waals surface area contributed by atoms with Gasteiger partial charge in [0.1, 0.15) is 12.4 Å². The number of hydrogen-bond donors (Lipinski definition) is 1. The number of carboxylic acids is 1. The van der Waals surface area contributed by atoms with Crippen LogP contribution in [-0.2, 0) is 17.8 Å². The highest BCUT2D eigenvalue weighted by molar-refractivity contribution is 7.12. The van der Waals surface area contributed by atoms with E-state index in [4.69, 9.17) is 15.1 Å². The number of benzene rings is 1. The van der Waals surface area contributed by atoms with Crippen molar-refractivity contribution in [2.24, 2.45) is 0 Å². The van der Waals surface area contributed by atoms with Crippen LogP contribution in [-0.4, -0.2) is 11.1 Å². The number of ether oxygens (including phenoxy) is 1. The van der Waals surface area contributed by atoms with Crippen LogP contribution in [0, 0.1) is 11.3 Å². The summed E-state index contributed by atoms with van der Waals surface area (Å²) in [5.74, 6) is -0.216. The summed E-state index contributed by atoms with van der Waals surface area (Å²) in [6.45, 7) is 0.434. The fourth-order valence-corrected chi connectivity index (χ4v) is 2.49. The first kappa shape index (κ1) is 14.8. The maximum absolute atomic E-state index is 10.4. The Morgan fingerprint density at radius 2 is 2.05 bits per heavy atom. The van der Waals surface area contributed by atoms with Gasteiger partial charge in [-0.3, -0.25) is 0 Å². The molecular weight excluding hydrogens is 286 g/mol. The number of carbonyl (C=O) groups is 1. The van der Waals surface area contributed by atoms with Crippen LogP contribution in [0.2, 0.25) is 0 Å². The molecule has 0 spiro atoms. The van der Waals surface area contributed by atoms with E-state index < -0.39 is 5.97 Å². The van der Waals surface area contributed by atoms with Gasteiger partial charge in [0, 0.05) is 15.8 Å². The Hall–Kier alpha value is -2.58. The summed E-state index contributed by atoms with van der Waals surface area (Å²) in [5, 5.41) is 17.2. The molecule has 0 aliphatic heterocycles. The third kappa shape index (κ3) is 4.79. The van der Waals surface area contributed by atoms with E-state index >= 15 is 0 Å². The van der Waals surface area contributed by atoms with Crippen LogP contribution >= 0.6 is 11.3 Å². The fraction of sp³-hybridized carbons (Fsp3) is 0.125. The van der Waals surface area contributed by atoms with Gasteiger partial charge < -0.3 is 9.84 Å². The molecule has 0 fully saturated rings. The topological polar surface area (TPSA) is 70.3 Å². The van der Waals surface area contributed by atoms with E-state index in [1.165, 1.54) is 11.3 Å². The molecule has 0 bridgehead atoms. The van der Waals surface area contributed by atoms with Gasteiger partial charge in [-0.2, -0.15) is 5.26 Å². The van der Waals surface area contributed by atoms with Gasteiger partial charge in [0.25, 0.3) is 0 Å². The van der Waals surface area contributed by atoms with Gasteiger partial charge in [-0.1, -0.05) is 12.1 Å². The van der Waals surface area contributed by atoms with Gasteiger partial charge in [-0.25, -0.2) is 4.79 Å². The van der Waals surface area contributed by atoms with Crippen molar-refractivity contribution in [3.63, 3.8) is 0 Å². The van der Waals surface area contributed by atoms with Crippen LogP contribution in [0.25, 0.3) is 6.08 Å². The molecule has 0 amide bonds. The zero-order valence-corrected chi connectivity index (χ0v) is 12.0. The van der Waals surface area contributed by atoms with Crippen molar-refractivity contribution >= 4 is 23.4 Å². The first-order valence-electron chi connectivity index (χ1n) is 6.26. The molecule has 0 unspecified atom stereocenters. The lowest BCUT2D eigenvalue weighted by Crippen LogP contribution is -1.92. The first-order valence-corrected chi connectivity index (χ1v) is 7.07. The summed E-state index contributed by atoms with van der Waals surface area (Å²) in [7, 11) is 0. The normalized spacial score (nSPS) is 10.4. The SMILES string of the molecule is N#CCc1ccc(OCc2ccc(C=CC(=O)O)s2)cc1. The second kappa shape index (κ2) is 7.27. The maximum atomic E-state index is 10.4. The molecule has 0 radical (unpaired) electrons. The quantitative estimate of drug-likeness (QED) is 0.829. The highest BCUT2D eigenvalue weighted by atomic mass is 32.1. The predicted octanol–water partition coefficient (Wildman–Crippen LogP) is 3.49. The number of nitrogens with zero attached hydrogens (tertiary/aromatic N) is 1. The largest absolute Gasteiger partial charge is 0.488 e. The Morgan fingerprint density at radius 3 is 2.71 bits per heavy atom. The Labute approximate surface area is 126 Å². The minimum absolute atomic E-state index is 0.393. The lowest BCUT2D eigenvalue weighted by atomic mass is 10.2. The van der Waals surface area contributed by atoms with Crippen molar-refractivity contribution in [3.05, 3.63) is 57.8 Å². The lowest BCUT2D eigenvalue weighted by Gasteiger charge is -2.04. The van der Waals surface area contributed by atoms with Crippen molar-refractivity contribution in [2.75, 3.05) is 0 Å². The number of nitriles is 1. The third-order valence-corrected chi connectivity index (χ3v) is 3.68. The smallest absolute Gasteiger partial charge is 0.328 e. The molecular formula is C16H13NO3S. The van der Waals surface area contributed by atoms with Gasteiger partial charge in [0.2, 0.25) is 0 Å². The number of rotatable bonds is 6. The minimum Gasteiger partial charge on any atom is -0.488 e.